The van der Waals surface area contributed by atoms with Crippen molar-refractivity contribution in [3.8, 4) is 0 Å². The third-order valence-electron chi connectivity index (χ3n) is 4.46. The second-order valence-corrected chi connectivity index (χ2v) is 7.70. The molecule has 0 unspecified atom stereocenters. The fourth-order valence-electron chi connectivity index (χ4n) is 3.09. The fraction of sp³-hybridized carbons (Fsp3) is 0.211. The lowest BCUT2D eigenvalue weighted by Gasteiger charge is -2.28. The number of urea groups is 1. The molecule has 0 atom stereocenters. The predicted octanol–water partition coefficient (Wildman–Crippen LogP) is 4.33. The molecule has 8 heteroatoms. The van der Waals surface area contributed by atoms with Crippen LogP contribution in [0.5, 0.6) is 0 Å². The molecule has 6 nitrogen and oxygen atoms in total. The number of carbonyl (C=O) groups excluding carboxylic acids is 1. The first kappa shape index (κ1) is 18.0. The van der Waals surface area contributed by atoms with Gasteiger partial charge in [-0.2, -0.15) is 0 Å². The number of hydrogen-bond donors (Lipinski definition) is 1. The van der Waals surface area contributed by atoms with Gasteiger partial charge in [-0.05, 0) is 42.0 Å². The van der Waals surface area contributed by atoms with E-state index in [0.29, 0.717) is 36.8 Å². The Morgan fingerprint density at radius 2 is 1.96 bits per heavy atom. The van der Waals surface area contributed by atoms with Crippen molar-refractivity contribution >= 4 is 39.2 Å². The van der Waals surface area contributed by atoms with E-state index in [2.05, 4.69) is 48.1 Å². The van der Waals surface area contributed by atoms with Crippen LogP contribution in [-0.4, -0.2) is 32.2 Å². The van der Waals surface area contributed by atoms with Crippen LogP contribution >= 0.6 is 27.5 Å². The van der Waals surface area contributed by atoms with Crippen LogP contribution in [0.25, 0.3) is 0 Å². The van der Waals surface area contributed by atoms with Crippen LogP contribution in [-0.2, 0) is 19.5 Å². The van der Waals surface area contributed by atoms with Crippen molar-refractivity contribution in [2.45, 2.75) is 19.5 Å². The van der Waals surface area contributed by atoms with Gasteiger partial charge >= 0.3 is 6.03 Å². The third kappa shape index (κ3) is 4.14. The largest absolute Gasteiger partial charge is 0.322 e. The van der Waals surface area contributed by atoms with Gasteiger partial charge in [0, 0.05) is 34.7 Å². The molecule has 1 aliphatic rings. The van der Waals surface area contributed by atoms with E-state index in [-0.39, 0.29) is 6.03 Å². The summed E-state index contributed by atoms with van der Waals surface area (Å²) in [5.41, 5.74) is 1.88. The van der Waals surface area contributed by atoms with Crippen molar-refractivity contribution < 1.29 is 4.79 Å². The number of nitrogens with one attached hydrogen (secondary N) is 1. The van der Waals surface area contributed by atoms with Crippen LogP contribution in [0.4, 0.5) is 10.5 Å². The van der Waals surface area contributed by atoms with Gasteiger partial charge in [0.05, 0.1) is 6.54 Å². The molecule has 1 aliphatic heterocycles. The van der Waals surface area contributed by atoms with E-state index in [0.717, 1.165) is 16.1 Å². The summed E-state index contributed by atoms with van der Waals surface area (Å²) in [7, 11) is 0. The van der Waals surface area contributed by atoms with Crippen molar-refractivity contribution in [2.24, 2.45) is 0 Å². The van der Waals surface area contributed by atoms with E-state index >= 15 is 0 Å². The predicted molar refractivity (Wildman–Crippen MR) is 108 cm³/mol. The summed E-state index contributed by atoms with van der Waals surface area (Å²) in [5, 5.41) is 12.1. The Kier molecular flexibility index (Phi) is 5.13. The van der Waals surface area contributed by atoms with Gasteiger partial charge in [0.2, 0.25) is 0 Å². The zero-order valence-corrected chi connectivity index (χ0v) is 16.7. The molecular formula is C19H17BrClN5O. The Balaban J connectivity index is 1.44. The molecule has 138 valence electrons. The van der Waals surface area contributed by atoms with Crippen molar-refractivity contribution in [3.05, 3.63) is 75.2 Å². The standard InChI is InChI=1S/C19H17BrClN5O/c20-14-3-1-2-13(10-14)11-17-23-24-18-12-25(8-9-26(17)18)19(27)22-16-6-4-15(21)5-7-16/h1-7,10H,8-9,11-12H2,(H,22,27). The molecular weight excluding hydrogens is 430 g/mol. The van der Waals surface area contributed by atoms with Crippen LogP contribution in [0.1, 0.15) is 17.2 Å². The van der Waals surface area contributed by atoms with Crippen LogP contribution in [0, 0.1) is 0 Å². The Hall–Kier alpha value is -2.38. The minimum atomic E-state index is -0.153. The number of fused-ring (bicyclic) bond motifs is 1. The first-order valence-corrected chi connectivity index (χ1v) is 9.72. The van der Waals surface area contributed by atoms with Crippen LogP contribution in [0.2, 0.25) is 5.02 Å². The Labute approximate surface area is 170 Å². The van der Waals surface area contributed by atoms with Gasteiger partial charge in [-0.3, -0.25) is 0 Å². The Morgan fingerprint density at radius 3 is 2.74 bits per heavy atom. The molecule has 1 N–H and O–H groups in total. The molecule has 0 radical (unpaired) electrons. The summed E-state index contributed by atoms with van der Waals surface area (Å²) in [6, 6.07) is 15.1. The zero-order valence-electron chi connectivity index (χ0n) is 14.4. The van der Waals surface area contributed by atoms with Crippen molar-refractivity contribution in [1.82, 2.24) is 19.7 Å². The molecule has 0 saturated heterocycles. The summed E-state index contributed by atoms with van der Waals surface area (Å²) in [4.78, 5) is 14.3. The van der Waals surface area contributed by atoms with E-state index in [1.165, 1.54) is 5.56 Å². The lowest BCUT2D eigenvalue weighted by atomic mass is 10.1. The molecule has 1 aromatic heterocycles. The molecule has 0 bridgehead atoms. The number of carbonyl (C=O) groups is 1. The Morgan fingerprint density at radius 1 is 1.15 bits per heavy atom. The van der Waals surface area contributed by atoms with E-state index in [1.807, 2.05) is 12.1 Å². The lowest BCUT2D eigenvalue weighted by Crippen LogP contribution is -2.41. The summed E-state index contributed by atoms with van der Waals surface area (Å²) in [5.74, 6) is 1.72. The number of rotatable bonds is 3. The second kappa shape index (κ2) is 7.70. The quantitative estimate of drug-likeness (QED) is 0.651. The van der Waals surface area contributed by atoms with E-state index in [1.54, 1.807) is 29.2 Å². The van der Waals surface area contributed by atoms with Crippen molar-refractivity contribution in [2.75, 3.05) is 11.9 Å². The monoisotopic (exact) mass is 445 g/mol. The number of hydrogen-bond acceptors (Lipinski definition) is 3. The van der Waals surface area contributed by atoms with Gasteiger partial charge in [0.25, 0.3) is 0 Å². The number of amides is 2. The fourth-order valence-corrected chi connectivity index (χ4v) is 3.66. The lowest BCUT2D eigenvalue weighted by molar-refractivity contribution is 0.195. The van der Waals surface area contributed by atoms with Gasteiger partial charge in [0.1, 0.15) is 5.82 Å². The smallest absolute Gasteiger partial charge is 0.315 e. The first-order chi connectivity index (χ1) is 13.1. The van der Waals surface area contributed by atoms with Gasteiger partial charge < -0.3 is 14.8 Å². The topological polar surface area (TPSA) is 63.1 Å². The molecule has 2 amide bonds. The molecule has 2 aromatic carbocycles. The second-order valence-electron chi connectivity index (χ2n) is 6.35. The molecule has 0 spiro atoms. The minimum Gasteiger partial charge on any atom is -0.315 e. The number of benzene rings is 2. The van der Waals surface area contributed by atoms with Gasteiger partial charge in [0.15, 0.2) is 5.82 Å². The third-order valence-corrected chi connectivity index (χ3v) is 5.21. The van der Waals surface area contributed by atoms with Crippen LogP contribution in [0.15, 0.2) is 53.0 Å². The number of anilines is 1. The minimum absolute atomic E-state index is 0.153. The maximum atomic E-state index is 12.5. The van der Waals surface area contributed by atoms with Gasteiger partial charge in [-0.15, -0.1) is 10.2 Å². The maximum Gasteiger partial charge on any atom is 0.322 e. The summed E-state index contributed by atoms with van der Waals surface area (Å²) in [6.45, 7) is 1.72. The highest BCUT2D eigenvalue weighted by Gasteiger charge is 2.24. The molecule has 3 aromatic rings. The van der Waals surface area contributed by atoms with E-state index in [4.69, 9.17) is 11.6 Å². The summed E-state index contributed by atoms with van der Waals surface area (Å²) in [6.07, 6.45) is 0.712. The van der Waals surface area contributed by atoms with Gasteiger partial charge in [-0.25, -0.2) is 4.79 Å². The van der Waals surface area contributed by atoms with Gasteiger partial charge in [-0.1, -0.05) is 39.7 Å². The van der Waals surface area contributed by atoms with Crippen molar-refractivity contribution in [1.29, 1.82) is 0 Å². The summed E-state index contributed by atoms with van der Waals surface area (Å²) >= 11 is 9.37. The van der Waals surface area contributed by atoms with E-state index in [9.17, 15) is 4.79 Å². The summed E-state index contributed by atoms with van der Waals surface area (Å²) < 4.78 is 3.15. The molecule has 4 rings (SSSR count). The average molecular weight is 447 g/mol. The van der Waals surface area contributed by atoms with Crippen molar-refractivity contribution in [3.63, 3.8) is 0 Å². The molecule has 2 heterocycles. The highest BCUT2D eigenvalue weighted by atomic mass is 79.9. The van der Waals surface area contributed by atoms with Crippen LogP contribution in [0.3, 0.4) is 0 Å². The number of nitrogens with zero attached hydrogens (tertiary/aromatic N) is 4. The normalized spacial score (nSPS) is 13.3. The Bertz CT molecular complexity index is 972. The number of aromatic nitrogens is 3. The highest BCUT2D eigenvalue weighted by Crippen LogP contribution is 2.19. The van der Waals surface area contributed by atoms with Crippen LogP contribution < -0.4 is 5.32 Å². The molecule has 0 fully saturated rings. The maximum absolute atomic E-state index is 12.5. The zero-order chi connectivity index (χ0) is 18.8. The first-order valence-electron chi connectivity index (χ1n) is 8.55. The van der Waals surface area contributed by atoms with E-state index < -0.39 is 0 Å². The highest BCUT2D eigenvalue weighted by molar-refractivity contribution is 9.10. The molecule has 0 aliphatic carbocycles. The number of halogens is 2. The SMILES string of the molecule is O=C(Nc1ccc(Cl)cc1)N1CCn2c(Cc3cccc(Br)c3)nnc2C1. The molecule has 0 saturated carbocycles. The average Bonchev–Trinajstić information content (AvgIpc) is 3.06. The molecule has 27 heavy (non-hydrogen) atoms.